The zero-order valence-corrected chi connectivity index (χ0v) is 7.90. The number of pyridine rings is 1. The highest BCUT2D eigenvalue weighted by molar-refractivity contribution is 5.67. The Kier molecular flexibility index (Phi) is 2.57. The first-order valence-corrected chi connectivity index (χ1v) is 4.47. The lowest BCUT2D eigenvalue weighted by Gasteiger charge is -2.04. The molecule has 1 aromatic rings. The van der Waals surface area contributed by atoms with Crippen molar-refractivity contribution in [1.82, 2.24) is 4.98 Å². The number of hydrogen-bond acceptors (Lipinski definition) is 5. The number of nitrogens with zero attached hydrogens (tertiary/aromatic N) is 1. The minimum atomic E-state index is -0.837. The lowest BCUT2D eigenvalue weighted by molar-refractivity contribution is -0.136. The van der Waals surface area contributed by atoms with Crippen molar-refractivity contribution in [2.45, 2.75) is 6.42 Å². The van der Waals surface area contributed by atoms with Gasteiger partial charge in [-0.25, -0.2) is 4.98 Å². The average Bonchev–Trinajstić information content (AvgIpc) is 2.64. The molecule has 1 aromatic heterocycles. The number of rotatable bonds is 4. The van der Waals surface area contributed by atoms with Gasteiger partial charge in [0.1, 0.15) is 0 Å². The molecule has 2 rings (SSSR count). The molecule has 6 heteroatoms. The quantitative estimate of drug-likeness (QED) is 0.761. The third-order valence-corrected chi connectivity index (χ3v) is 1.90. The molecule has 0 fully saturated rings. The molecule has 1 aliphatic rings. The number of carbonyl (C=O) groups is 1. The van der Waals surface area contributed by atoms with Gasteiger partial charge in [-0.2, -0.15) is 0 Å². The maximum atomic E-state index is 10.3. The summed E-state index contributed by atoms with van der Waals surface area (Å²) in [5.41, 5.74) is 0.723. The van der Waals surface area contributed by atoms with Crippen molar-refractivity contribution >= 4 is 11.7 Å². The van der Waals surface area contributed by atoms with Gasteiger partial charge in [-0.05, 0) is 0 Å². The Bertz CT molecular complexity index is 380. The number of nitrogens with one attached hydrogen (secondary N) is 1. The van der Waals surface area contributed by atoms with Gasteiger partial charge in [-0.15, -0.1) is 0 Å². The number of aliphatic carboxylic acids is 1. The molecular weight excluding hydrogens is 200 g/mol. The van der Waals surface area contributed by atoms with Crippen LogP contribution in [0.4, 0.5) is 5.69 Å². The van der Waals surface area contributed by atoms with Gasteiger partial charge in [0.25, 0.3) is 5.88 Å². The molecule has 0 atom stereocenters. The molecule has 80 valence electrons. The number of carboxylic acids is 1. The van der Waals surface area contributed by atoms with Gasteiger partial charge >= 0.3 is 5.97 Å². The highest BCUT2D eigenvalue weighted by atomic mass is 16.7. The fourth-order valence-corrected chi connectivity index (χ4v) is 1.20. The third kappa shape index (κ3) is 2.28. The van der Waals surface area contributed by atoms with Crippen LogP contribution in [0.2, 0.25) is 0 Å². The summed E-state index contributed by atoms with van der Waals surface area (Å²) >= 11 is 0. The van der Waals surface area contributed by atoms with E-state index in [2.05, 4.69) is 10.3 Å². The Morgan fingerprint density at radius 3 is 3.27 bits per heavy atom. The second-order valence-electron chi connectivity index (χ2n) is 3.00. The average molecular weight is 210 g/mol. The molecule has 0 bridgehead atoms. The van der Waals surface area contributed by atoms with Crippen LogP contribution in [0, 0.1) is 0 Å². The van der Waals surface area contributed by atoms with Gasteiger partial charge in [0.2, 0.25) is 6.79 Å². The van der Waals surface area contributed by atoms with Crippen LogP contribution in [0.1, 0.15) is 6.42 Å². The molecule has 1 aliphatic heterocycles. The second kappa shape index (κ2) is 4.04. The fraction of sp³-hybridized carbons (Fsp3) is 0.333. The lowest BCUT2D eigenvalue weighted by atomic mass is 10.3. The number of anilines is 1. The topological polar surface area (TPSA) is 80.7 Å². The molecule has 2 N–H and O–H groups in total. The number of fused-ring (bicyclic) bond motifs is 1. The van der Waals surface area contributed by atoms with Crippen molar-refractivity contribution in [3.05, 3.63) is 12.3 Å². The van der Waals surface area contributed by atoms with Crippen LogP contribution in [-0.4, -0.2) is 29.4 Å². The van der Waals surface area contributed by atoms with Crippen LogP contribution >= 0.6 is 0 Å². The number of ether oxygens (including phenoxy) is 2. The molecule has 0 amide bonds. The molecular formula is C9H10N2O4. The van der Waals surface area contributed by atoms with E-state index in [9.17, 15) is 4.79 Å². The van der Waals surface area contributed by atoms with E-state index >= 15 is 0 Å². The number of carboxylic acid groups (broad SMARTS) is 1. The third-order valence-electron chi connectivity index (χ3n) is 1.90. The van der Waals surface area contributed by atoms with E-state index in [1.807, 2.05) is 0 Å². The summed E-state index contributed by atoms with van der Waals surface area (Å²) in [6, 6.07) is 1.73. The van der Waals surface area contributed by atoms with E-state index in [1.54, 1.807) is 12.3 Å². The number of hydrogen-bond donors (Lipinski definition) is 2. The first kappa shape index (κ1) is 9.57. The predicted molar refractivity (Wildman–Crippen MR) is 51.1 cm³/mol. The fourth-order valence-electron chi connectivity index (χ4n) is 1.20. The predicted octanol–water partition coefficient (Wildman–Crippen LogP) is 0.697. The summed E-state index contributed by atoms with van der Waals surface area (Å²) in [5, 5.41) is 11.4. The van der Waals surface area contributed by atoms with Gasteiger partial charge in [0.05, 0.1) is 18.3 Å². The number of aromatic nitrogens is 1. The molecule has 2 heterocycles. The van der Waals surface area contributed by atoms with Crippen molar-refractivity contribution in [2.75, 3.05) is 18.7 Å². The van der Waals surface area contributed by atoms with Crippen LogP contribution < -0.4 is 14.8 Å². The summed E-state index contributed by atoms with van der Waals surface area (Å²) in [6.45, 7) is 0.539. The summed E-state index contributed by atoms with van der Waals surface area (Å²) in [4.78, 5) is 14.3. The molecule has 0 aliphatic carbocycles. The minimum Gasteiger partial charge on any atom is -0.481 e. The monoisotopic (exact) mass is 210 g/mol. The maximum Gasteiger partial charge on any atom is 0.305 e. The van der Waals surface area contributed by atoms with Crippen LogP contribution in [-0.2, 0) is 4.79 Å². The minimum absolute atomic E-state index is 0.0639. The SMILES string of the molecule is O=C(O)CCNc1cnc2c(c1)OCO2. The Morgan fingerprint density at radius 2 is 2.47 bits per heavy atom. The molecule has 15 heavy (non-hydrogen) atoms. The summed E-state index contributed by atoms with van der Waals surface area (Å²) in [7, 11) is 0. The van der Waals surface area contributed by atoms with E-state index in [0.29, 0.717) is 18.2 Å². The zero-order chi connectivity index (χ0) is 10.7. The van der Waals surface area contributed by atoms with Crippen molar-refractivity contribution < 1.29 is 19.4 Å². The van der Waals surface area contributed by atoms with Crippen molar-refractivity contribution in [3.63, 3.8) is 0 Å². The molecule has 0 saturated carbocycles. The molecule has 0 aromatic carbocycles. The first-order valence-electron chi connectivity index (χ1n) is 4.47. The molecule has 0 spiro atoms. The van der Waals surface area contributed by atoms with Crippen LogP contribution in [0.5, 0.6) is 11.6 Å². The van der Waals surface area contributed by atoms with E-state index in [0.717, 1.165) is 5.69 Å². The molecule has 0 radical (unpaired) electrons. The van der Waals surface area contributed by atoms with Gasteiger partial charge in [-0.1, -0.05) is 0 Å². The second-order valence-corrected chi connectivity index (χ2v) is 3.00. The van der Waals surface area contributed by atoms with Crippen molar-refractivity contribution in [2.24, 2.45) is 0 Å². The van der Waals surface area contributed by atoms with Crippen LogP contribution in [0.25, 0.3) is 0 Å². The van der Waals surface area contributed by atoms with Crippen LogP contribution in [0.15, 0.2) is 12.3 Å². The summed E-state index contributed by atoms with van der Waals surface area (Å²) < 4.78 is 10.2. The lowest BCUT2D eigenvalue weighted by Crippen LogP contribution is -2.07. The van der Waals surface area contributed by atoms with Crippen LogP contribution in [0.3, 0.4) is 0 Å². The molecule has 6 nitrogen and oxygen atoms in total. The van der Waals surface area contributed by atoms with Crippen molar-refractivity contribution in [3.8, 4) is 11.6 Å². The van der Waals surface area contributed by atoms with E-state index in [4.69, 9.17) is 14.6 Å². The largest absolute Gasteiger partial charge is 0.481 e. The highest BCUT2D eigenvalue weighted by Gasteiger charge is 2.14. The maximum absolute atomic E-state index is 10.3. The molecule has 0 unspecified atom stereocenters. The van der Waals surface area contributed by atoms with Gasteiger partial charge < -0.3 is 19.9 Å². The Labute approximate surface area is 85.8 Å². The van der Waals surface area contributed by atoms with E-state index in [1.165, 1.54) is 0 Å². The standard InChI is InChI=1S/C9H10N2O4/c12-8(13)1-2-10-6-3-7-9(11-4-6)15-5-14-7/h3-4,10H,1-2,5H2,(H,12,13). The normalized spacial score (nSPS) is 12.5. The molecule has 0 saturated heterocycles. The summed E-state index contributed by atoms with van der Waals surface area (Å²) in [5.74, 6) is 0.213. The highest BCUT2D eigenvalue weighted by Crippen LogP contribution is 2.31. The van der Waals surface area contributed by atoms with E-state index < -0.39 is 5.97 Å². The summed E-state index contributed by atoms with van der Waals surface area (Å²) in [6.07, 6.45) is 1.64. The smallest absolute Gasteiger partial charge is 0.305 e. The first-order chi connectivity index (χ1) is 7.25. The van der Waals surface area contributed by atoms with E-state index in [-0.39, 0.29) is 13.2 Å². The Morgan fingerprint density at radius 1 is 1.60 bits per heavy atom. The Hall–Kier alpha value is -1.98. The van der Waals surface area contributed by atoms with Crippen molar-refractivity contribution in [1.29, 1.82) is 0 Å². The van der Waals surface area contributed by atoms with Gasteiger partial charge in [0.15, 0.2) is 5.75 Å². The van der Waals surface area contributed by atoms with Gasteiger partial charge in [-0.3, -0.25) is 4.79 Å². The zero-order valence-electron chi connectivity index (χ0n) is 7.90. The Balaban J connectivity index is 1.95. The van der Waals surface area contributed by atoms with Gasteiger partial charge in [0, 0.05) is 12.6 Å².